The summed E-state index contributed by atoms with van der Waals surface area (Å²) < 4.78 is 10.5. The number of carboxylic acids is 1. The molecule has 5 fully saturated rings. The van der Waals surface area contributed by atoms with E-state index in [-0.39, 0.29) is 17.4 Å². The van der Waals surface area contributed by atoms with E-state index in [4.69, 9.17) is 9.47 Å². The second-order valence-electron chi connectivity index (χ2n) is 12.9. The van der Waals surface area contributed by atoms with E-state index in [1.807, 2.05) is 6.92 Å². The van der Waals surface area contributed by atoms with Gasteiger partial charge in [-0.05, 0) is 86.9 Å². The average Bonchev–Trinajstić information content (AvgIpc) is 3.14. The van der Waals surface area contributed by atoms with Crippen LogP contribution in [0.5, 0.6) is 0 Å². The Balaban J connectivity index is 1.28. The molecule has 4 saturated carbocycles. The number of hydrogen-bond acceptors (Lipinski definition) is 9. The summed E-state index contributed by atoms with van der Waals surface area (Å²) in [4.78, 5) is 24.8. The molecule has 210 valence electrons. The highest BCUT2D eigenvalue weighted by Gasteiger charge is 2.66. The zero-order chi connectivity index (χ0) is 26.9. The molecule has 1 heterocycles. The molecule has 10 heteroatoms. The third-order valence-corrected chi connectivity index (χ3v) is 11.4. The molecule has 13 atom stereocenters. The van der Waals surface area contributed by atoms with Gasteiger partial charge in [-0.3, -0.25) is 4.79 Å². The van der Waals surface area contributed by atoms with Crippen LogP contribution in [0.4, 0.5) is 0 Å². The zero-order valence-electron chi connectivity index (χ0n) is 21.7. The Bertz CT molecular complexity index is 912. The normalized spacial score (nSPS) is 53.6. The molecule has 0 aromatic heterocycles. The maximum Gasteiger partial charge on any atom is 0.335 e. The molecule has 5 aliphatic rings. The second kappa shape index (κ2) is 9.50. The number of carboxylic acid groups (broad SMARTS) is 1. The van der Waals surface area contributed by atoms with E-state index >= 15 is 0 Å². The predicted octanol–water partition coefficient (Wildman–Crippen LogP) is 0.599. The van der Waals surface area contributed by atoms with Crippen molar-refractivity contribution in [2.24, 2.45) is 34.5 Å². The van der Waals surface area contributed by atoms with Gasteiger partial charge >= 0.3 is 5.97 Å². The maximum absolute atomic E-state index is 13.5. The van der Waals surface area contributed by atoms with E-state index in [0.717, 1.165) is 44.9 Å². The van der Waals surface area contributed by atoms with Crippen LogP contribution in [-0.4, -0.2) is 91.4 Å². The van der Waals surface area contributed by atoms with Crippen LogP contribution in [0.3, 0.4) is 0 Å². The Morgan fingerprint density at radius 3 is 2.30 bits per heavy atom. The lowest BCUT2D eigenvalue weighted by atomic mass is 9.44. The Morgan fingerprint density at radius 1 is 0.892 bits per heavy atom. The molecule has 37 heavy (non-hydrogen) atoms. The standard InChI is InChI=1S/C27H42O10/c1-25-8-5-14(28)11-13(25)3-4-15-16(25)6-9-26(2)17(15)7-10-27(26,35)18(29)12-36-24-21(32)19(30)20(31)22(37-24)23(33)34/h13-17,19-22,24,28,30-32,35H,3-12H2,1-2H3,(H,33,34)/t13-,14+,15+,16-,17-,19-,20-,21+,22-,24+,25-,26-,27-/m0/s1. The fourth-order valence-electron chi connectivity index (χ4n) is 9.18. The lowest BCUT2D eigenvalue weighted by Crippen LogP contribution is -2.61. The van der Waals surface area contributed by atoms with Crippen LogP contribution in [0.15, 0.2) is 0 Å². The lowest BCUT2D eigenvalue weighted by Gasteiger charge is -2.61. The molecule has 0 aromatic carbocycles. The van der Waals surface area contributed by atoms with Gasteiger partial charge in [0.1, 0.15) is 30.5 Å². The summed E-state index contributed by atoms with van der Waals surface area (Å²) in [5, 5.41) is 61.4. The number of ether oxygens (including phenoxy) is 2. The summed E-state index contributed by atoms with van der Waals surface area (Å²) in [5.74, 6) is -0.445. The van der Waals surface area contributed by atoms with E-state index in [1.54, 1.807) is 0 Å². The van der Waals surface area contributed by atoms with Crippen molar-refractivity contribution in [3.8, 4) is 0 Å². The van der Waals surface area contributed by atoms with Crippen LogP contribution >= 0.6 is 0 Å². The average molecular weight is 527 g/mol. The van der Waals surface area contributed by atoms with Crippen LogP contribution in [0.2, 0.25) is 0 Å². The molecular formula is C27H42O10. The topological polar surface area (TPSA) is 174 Å². The summed E-state index contributed by atoms with van der Waals surface area (Å²) in [5.41, 5.74) is -2.07. The van der Waals surface area contributed by atoms with Crippen molar-refractivity contribution in [3.05, 3.63) is 0 Å². The van der Waals surface area contributed by atoms with Crippen molar-refractivity contribution in [3.63, 3.8) is 0 Å². The summed E-state index contributed by atoms with van der Waals surface area (Å²) in [7, 11) is 0. The van der Waals surface area contributed by atoms with Gasteiger partial charge < -0.3 is 40.1 Å². The first kappa shape index (κ1) is 27.4. The fourth-order valence-corrected chi connectivity index (χ4v) is 9.18. The monoisotopic (exact) mass is 526 g/mol. The first-order valence-electron chi connectivity index (χ1n) is 13.8. The molecule has 0 amide bonds. The highest BCUT2D eigenvalue weighted by molar-refractivity contribution is 5.89. The number of carbonyl (C=O) groups is 2. The second-order valence-corrected chi connectivity index (χ2v) is 12.9. The molecule has 0 radical (unpaired) electrons. The van der Waals surface area contributed by atoms with Crippen LogP contribution in [0.1, 0.15) is 71.6 Å². The minimum absolute atomic E-state index is 0.178. The molecule has 4 aliphatic carbocycles. The number of Topliss-reactive ketones (excluding diaryl/α,β-unsaturated/α-hetero) is 1. The molecule has 0 aromatic rings. The quantitative estimate of drug-likeness (QED) is 0.298. The maximum atomic E-state index is 13.5. The van der Waals surface area contributed by atoms with E-state index in [1.165, 1.54) is 0 Å². The summed E-state index contributed by atoms with van der Waals surface area (Å²) in [6.07, 6.45) is -1.58. The first-order chi connectivity index (χ1) is 17.3. The number of rotatable bonds is 5. The number of ketones is 1. The third kappa shape index (κ3) is 4.10. The summed E-state index contributed by atoms with van der Waals surface area (Å²) in [6.45, 7) is 3.78. The number of carbonyl (C=O) groups excluding carboxylic acids is 1. The predicted molar refractivity (Wildman–Crippen MR) is 128 cm³/mol. The van der Waals surface area contributed by atoms with Crippen molar-refractivity contribution in [2.45, 2.75) is 114 Å². The number of aliphatic hydroxyl groups is 5. The van der Waals surface area contributed by atoms with E-state index in [2.05, 4.69) is 6.92 Å². The van der Waals surface area contributed by atoms with E-state index in [9.17, 15) is 40.2 Å². The number of aliphatic carboxylic acids is 1. The van der Waals surface area contributed by atoms with Gasteiger partial charge in [0.05, 0.1) is 6.10 Å². The minimum atomic E-state index is -1.85. The Hall–Kier alpha value is -1.14. The van der Waals surface area contributed by atoms with Gasteiger partial charge in [0.25, 0.3) is 0 Å². The molecule has 1 saturated heterocycles. The zero-order valence-corrected chi connectivity index (χ0v) is 21.7. The fraction of sp³-hybridized carbons (Fsp3) is 0.926. The molecule has 1 aliphatic heterocycles. The van der Waals surface area contributed by atoms with Crippen molar-refractivity contribution in [1.82, 2.24) is 0 Å². The van der Waals surface area contributed by atoms with Crippen molar-refractivity contribution >= 4 is 11.8 Å². The van der Waals surface area contributed by atoms with Gasteiger partial charge in [-0.1, -0.05) is 13.8 Å². The van der Waals surface area contributed by atoms with Gasteiger partial charge in [0.2, 0.25) is 0 Å². The van der Waals surface area contributed by atoms with Gasteiger partial charge in [-0.2, -0.15) is 0 Å². The molecule has 0 spiro atoms. The van der Waals surface area contributed by atoms with E-state index in [0.29, 0.717) is 30.6 Å². The number of aliphatic hydroxyl groups excluding tert-OH is 4. The number of fused-ring (bicyclic) bond motifs is 5. The summed E-state index contributed by atoms with van der Waals surface area (Å²) >= 11 is 0. The molecule has 0 bridgehead atoms. The van der Waals surface area contributed by atoms with Gasteiger partial charge in [0.15, 0.2) is 18.2 Å². The van der Waals surface area contributed by atoms with Crippen LogP contribution in [0, 0.1) is 34.5 Å². The third-order valence-electron chi connectivity index (χ3n) is 11.4. The van der Waals surface area contributed by atoms with Crippen LogP contribution < -0.4 is 0 Å². The van der Waals surface area contributed by atoms with Gasteiger partial charge in [0, 0.05) is 5.41 Å². The van der Waals surface area contributed by atoms with Gasteiger partial charge in [-0.25, -0.2) is 4.79 Å². The Labute approximate surface area is 217 Å². The minimum Gasteiger partial charge on any atom is -0.479 e. The highest BCUT2D eigenvalue weighted by Crippen LogP contribution is 2.68. The van der Waals surface area contributed by atoms with Crippen molar-refractivity contribution in [1.29, 1.82) is 0 Å². The molecule has 6 N–H and O–H groups in total. The summed E-state index contributed by atoms with van der Waals surface area (Å²) in [6, 6.07) is 0. The van der Waals surface area contributed by atoms with Crippen molar-refractivity contribution < 1.29 is 49.7 Å². The highest BCUT2D eigenvalue weighted by atomic mass is 16.7. The van der Waals surface area contributed by atoms with Gasteiger partial charge in [-0.15, -0.1) is 0 Å². The smallest absolute Gasteiger partial charge is 0.335 e. The SMILES string of the molecule is C[C@]12CC[C@@H](O)C[C@@H]1CC[C@@H]1[C@@H]2CC[C@@]2(C)[C@H]1CC[C@]2(O)C(=O)CO[C@@H]1O[C@H](C(=O)O)[C@@H](O)[C@H](O)[C@H]1O. The Kier molecular flexibility index (Phi) is 7.04. The Morgan fingerprint density at radius 2 is 1.59 bits per heavy atom. The number of hydrogen-bond donors (Lipinski definition) is 6. The molecule has 5 rings (SSSR count). The lowest BCUT2D eigenvalue weighted by molar-refractivity contribution is -0.293. The van der Waals surface area contributed by atoms with Crippen molar-refractivity contribution in [2.75, 3.05) is 6.61 Å². The van der Waals surface area contributed by atoms with Crippen LogP contribution in [0.25, 0.3) is 0 Å². The molecular weight excluding hydrogens is 484 g/mol. The van der Waals surface area contributed by atoms with Crippen LogP contribution in [-0.2, 0) is 19.1 Å². The van der Waals surface area contributed by atoms with E-state index < -0.39 is 60.1 Å². The molecule has 10 nitrogen and oxygen atoms in total. The first-order valence-corrected chi connectivity index (χ1v) is 13.8. The molecule has 0 unspecified atom stereocenters. The largest absolute Gasteiger partial charge is 0.479 e.